The van der Waals surface area contributed by atoms with Crippen molar-refractivity contribution in [2.45, 2.75) is 33.8 Å². The summed E-state index contributed by atoms with van der Waals surface area (Å²) < 4.78 is 3.84. The highest BCUT2D eigenvalue weighted by atomic mass is 32.1. The van der Waals surface area contributed by atoms with Crippen molar-refractivity contribution in [3.05, 3.63) is 10.6 Å². The molecule has 1 atom stereocenters. The third-order valence-corrected chi connectivity index (χ3v) is 2.95. The van der Waals surface area contributed by atoms with Gasteiger partial charge in [0.05, 0.1) is 10.6 Å². The lowest BCUT2D eigenvalue weighted by Gasteiger charge is -2.09. The van der Waals surface area contributed by atoms with Crippen LogP contribution in [-0.2, 0) is 4.84 Å². The fourth-order valence-corrected chi connectivity index (χ4v) is 1.52. The second-order valence-corrected chi connectivity index (χ2v) is 4.43. The summed E-state index contributed by atoms with van der Waals surface area (Å²) in [6, 6.07) is 0. The minimum atomic E-state index is -0.151. The number of hydrogen-bond acceptors (Lipinski definition) is 5. The molecule has 0 saturated carbocycles. The summed E-state index contributed by atoms with van der Waals surface area (Å²) in [5, 5.41) is 7.77. The Hall–Kier alpha value is -1.17. The van der Waals surface area contributed by atoms with Crippen molar-refractivity contribution in [3.8, 4) is 0 Å². The Balaban J connectivity index is 2.61. The third kappa shape index (κ3) is 3.16. The van der Waals surface area contributed by atoms with Gasteiger partial charge in [-0.1, -0.05) is 23.5 Å². The smallest absolute Gasteiger partial charge is 0.162 e. The van der Waals surface area contributed by atoms with Crippen LogP contribution in [0.2, 0.25) is 0 Å². The maximum absolute atomic E-state index is 5.65. The van der Waals surface area contributed by atoms with Gasteiger partial charge < -0.3 is 10.6 Å². The molecule has 1 aromatic heterocycles. The zero-order valence-corrected chi connectivity index (χ0v) is 10.2. The van der Waals surface area contributed by atoms with E-state index in [1.807, 2.05) is 27.7 Å². The lowest BCUT2D eigenvalue weighted by molar-refractivity contribution is 0.0729. The fourth-order valence-electron chi connectivity index (χ4n) is 0.903. The van der Waals surface area contributed by atoms with E-state index in [0.717, 1.165) is 10.6 Å². The molecule has 2 N–H and O–H groups in total. The molecule has 0 spiro atoms. The zero-order valence-electron chi connectivity index (χ0n) is 9.39. The molecule has 0 bridgehead atoms. The van der Waals surface area contributed by atoms with Gasteiger partial charge in [-0.2, -0.15) is 0 Å². The van der Waals surface area contributed by atoms with E-state index >= 15 is 0 Å². The van der Waals surface area contributed by atoms with E-state index in [4.69, 9.17) is 10.6 Å². The Bertz CT molecular complexity index is 348. The summed E-state index contributed by atoms with van der Waals surface area (Å²) in [5.41, 5.74) is 6.53. The largest absolute Gasteiger partial charge is 0.385 e. The van der Waals surface area contributed by atoms with E-state index in [2.05, 4.69) is 14.7 Å². The number of nitrogens with zero attached hydrogens (tertiary/aromatic N) is 3. The fraction of sp³-hybridized carbons (Fsp3) is 0.667. The van der Waals surface area contributed by atoms with Crippen LogP contribution in [0.25, 0.3) is 0 Å². The van der Waals surface area contributed by atoms with Gasteiger partial charge >= 0.3 is 0 Å². The maximum atomic E-state index is 5.65. The van der Waals surface area contributed by atoms with E-state index in [-0.39, 0.29) is 12.0 Å². The van der Waals surface area contributed by atoms with Gasteiger partial charge in [-0.3, -0.25) is 0 Å². The molecule has 5 nitrogen and oxygen atoms in total. The van der Waals surface area contributed by atoms with Crippen molar-refractivity contribution in [3.63, 3.8) is 0 Å². The molecule has 0 radical (unpaired) electrons. The molecular formula is C9H16N4OS. The van der Waals surface area contributed by atoms with Crippen LogP contribution in [0.4, 0.5) is 0 Å². The first-order valence-electron chi connectivity index (χ1n) is 4.80. The maximum Gasteiger partial charge on any atom is 0.162 e. The molecule has 0 amide bonds. The van der Waals surface area contributed by atoms with Gasteiger partial charge in [-0.05, 0) is 25.4 Å². The number of nitrogens with two attached hydrogens (primary N) is 1. The molecule has 0 saturated heterocycles. The van der Waals surface area contributed by atoms with Crippen LogP contribution in [0.1, 0.15) is 37.4 Å². The predicted molar refractivity (Wildman–Crippen MR) is 60.6 cm³/mol. The highest BCUT2D eigenvalue weighted by Crippen LogP contribution is 2.22. The SMILES string of the molecule is Cc1nnsc1C(C)O/N=C(\N)C(C)C. The van der Waals surface area contributed by atoms with Gasteiger partial charge in [0.15, 0.2) is 6.10 Å². The Kier molecular flexibility index (Phi) is 4.02. The first kappa shape index (κ1) is 11.9. The highest BCUT2D eigenvalue weighted by Gasteiger charge is 2.13. The molecule has 0 fully saturated rings. The molecule has 0 aliphatic carbocycles. The van der Waals surface area contributed by atoms with E-state index in [1.54, 1.807) is 0 Å². The lowest BCUT2D eigenvalue weighted by Crippen LogP contribution is -2.19. The Morgan fingerprint density at radius 1 is 1.47 bits per heavy atom. The standard InChI is InChI=1S/C9H16N4OS/c1-5(2)9(10)12-14-7(4)8-6(3)11-13-15-8/h5,7H,1-4H3,(H2,10,12). The summed E-state index contributed by atoms with van der Waals surface area (Å²) in [4.78, 5) is 6.27. The normalized spacial score (nSPS) is 14.3. The molecule has 1 rings (SSSR count). The second kappa shape index (κ2) is 5.06. The van der Waals surface area contributed by atoms with Gasteiger partial charge in [0, 0.05) is 5.92 Å². The average Bonchev–Trinajstić information content (AvgIpc) is 2.60. The van der Waals surface area contributed by atoms with Crippen molar-refractivity contribution >= 4 is 17.4 Å². The quantitative estimate of drug-likeness (QED) is 0.485. The third-order valence-electron chi connectivity index (χ3n) is 1.96. The number of aryl methyl sites for hydroxylation is 1. The van der Waals surface area contributed by atoms with Gasteiger partial charge in [-0.15, -0.1) is 5.10 Å². The average molecular weight is 228 g/mol. The van der Waals surface area contributed by atoms with Gasteiger partial charge in [-0.25, -0.2) is 0 Å². The van der Waals surface area contributed by atoms with E-state index in [1.165, 1.54) is 11.5 Å². The molecule has 0 aliphatic rings. The summed E-state index contributed by atoms with van der Waals surface area (Å²) >= 11 is 1.32. The Labute approximate surface area is 93.5 Å². The number of hydrogen-bond donors (Lipinski definition) is 1. The zero-order chi connectivity index (χ0) is 11.4. The molecular weight excluding hydrogens is 212 g/mol. The van der Waals surface area contributed by atoms with Crippen LogP contribution in [0.5, 0.6) is 0 Å². The molecule has 1 heterocycles. The topological polar surface area (TPSA) is 73.4 Å². The van der Waals surface area contributed by atoms with Crippen molar-refractivity contribution in [2.75, 3.05) is 0 Å². The van der Waals surface area contributed by atoms with E-state index < -0.39 is 0 Å². The van der Waals surface area contributed by atoms with Crippen LogP contribution in [0.3, 0.4) is 0 Å². The van der Waals surface area contributed by atoms with Crippen molar-refractivity contribution in [1.29, 1.82) is 0 Å². The summed E-state index contributed by atoms with van der Waals surface area (Å²) in [7, 11) is 0. The molecule has 1 aromatic rings. The first-order chi connectivity index (χ1) is 7.02. The number of oxime groups is 1. The van der Waals surface area contributed by atoms with E-state index in [9.17, 15) is 0 Å². The molecule has 15 heavy (non-hydrogen) atoms. The van der Waals surface area contributed by atoms with E-state index in [0.29, 0.717) is 5.84 Å². The predicted octanol–water partition coefficient (Wildman–Crippen LogP) is 1.85. The molecule has 0 aromatic carbocycles. The minimum absolute atomic E-state index is 0.151. The Morgan fingerprint density at radius 3 is 2.60 bits per heavy atom. The summed E-state index contributed by atoms with van der Waals surface area (Å²) in [6.07, 6.45) is -0.151. The number of rotatable bonds is 4. The minimum Gasteiger partial charge on any atom is -0.385 e. The molecule has 6 heteroatoms. The summed E-state index contributed by atoms with van der Waals surface area (Å²) in [5.74, 6) is 0.690. The van der Waals surface area contributed by atoms with Crippen LogP contribution in [0.15, 0.2) is 5.16 Å². The first-order valence-corrected chi connectivity index (χ1v) is 5.57. The van der Waals surface area contributed by atoms with Gasteiger partial charge in [0.25, 0.3) is 0 Å². The highest BCUT2D eigenvalue weighted by molar-refractivity contribution is 7.05. The van der Waals surface area contributed by atoms with Crippen LogP contribution in [-0.4, -0.2) is 15.4 Å². The molecule has 84 valence electrons. The van der Waals surface area contributed by atoms with Crippen molar-refractivity contribution in [1.82, 2.24) is 9.59 Å². The van der Waals surface area contributed by atoms with Gasteiger partial charge in [0.2, 0.25) is 0 Å². The number of aromatic nitrogens is 2. The van der Waals surface area contributed by atoms with Crippen molar-refractivity contribution < 1.29 is 4.84 Å². The Morgan fingerprint density at radius 2 is 2.13 bits per heavy atom. The monoisotopic (exact) mass is 228 g/mol. The molecule has 0 aliphatic heterocycles. The van der Waals surface area contributed by atoms with Crippen LogP contribution in [0, 0.1) is 12.8 Å². The van der Waals surface area contributed by atoms with Crippen molar-refractivity contribution in [2.24, 2.45) is 16.8 Å². The summed E-state index contributed by atoms with van der Waals surface area (Å²) in [6.45, 7) is 7.73. The van der Waals surface area contributed by atoms with Gasteiger partial charge in [0.1, 0.15) is 5.84 Å². The lowest BCUT2D eigenvalue weighted by atomic mass is 10.2. The number of amidine groups is 1. The molecule has 1 unspecified atom stereocenters. The second-order valence-electron chi connectivity index (χ2n) is 3.64. The van der Waals surface area contributed by atoms with Crippen LogP contribution < -0.4 is 5.73 Å². The van der Waals surface area contributed by atoms with Crippen LogP contribution >= 0.6 is 11.5 Å².